The van der Waals surface area contributed by atoms with Crippen LogP contribution < -0.4 is 0 Å². The van der Waals surface area contributed by atoms with E-state index in [9.17, 15) is 4.79 Å². The van der Waals surface area contributed by atoms with E-state index in [4.69, 9.17) is 0 Å². The van der Waals surface area contributed by atoms with Crippen LogP contribution in [0.4, 0.5) is 0 Å². The summed E-state index contributed by atoms with van der Waals surface area (Å²) < 4.78 is 0. The van der Waals surface area contributed by atoms with Gasteiger partial charge >= 0.3 is 0 Å². The Kier molecular flexibility index (Phi) is 2.90. The number of rotatable bonds is 2. The lowest BCUT2D eigenvalue weighted by Crippen LogP contribution is -2.36. The van der Waals surface area contributed by atoms with Crippen LogP contribution in [0, 0.1) is 5.92 Å². The van der Waals surface area contributed by atoms with Crippen molar-refractivity contribution in [2.24, 2.45) is 5.92 Å². The van der Waals surface area contributed by atoms with E-state index < -0.39 is 0 Å². The maximum atomic E-state index is 11.6. The first-order valence-electron chi connectivity index (χ1n) is 4.60. The van der Waals surface area contributed by atoms with Crippen LogP contribution in [-0.2, 0) is 4.79 Å². The third-order valence-corrected chi connectivity index (χ3v) is 2.35. The van der Waals surface area contributed by atoms with Crippen molar-refractivity contribution in [2.45, 2.75) is 32.7 Å². The van der Waals surface area contributed by atoms with Crippen LogP contribution in [0.1, 0.15) is 26.7 Å². The third kappa shape index (κ3) is 1.68. The Hall–Kier alpha value is -0.790. The summed E-state index contributed by atoms with van der Waals surface area (Å²) in [5.41, 5.74) is 0. The molecule has 0 aromatic heterocycles. The maximum Gasteiger partial charge on any atom is 0.225 e. The van der Waals surface area contributed by atoms with Crippen LogP contribution in [0.25, 0.3) is 0 Å². The number of likely N-dealkylation sites (tertiary alicyclic amines) is 1. The number of nitrogens with zero attached hydrogens (tertiary/aromatic N) is 1. The van der Waals surface area contributed by atoms with Crippen LogP contribution in [0.5, 0.6) is 0 Å². The van der Waals surface area contributed by atoms with E-state index in [0.717, 1.165) is 19.4 Å². The van der Waals surface area contributed by atoms with Crippen molar-refractivity contribution in [1.29, 1.82) is 0 Å². The molecule has 0 aromatic carbocycles. The van der Waals surface area contributed by atoms with Gasteiger partial charge in [-0.2, -0.15) is 0 Å². The zero-order valence-electron chi connectivity index (χ0n) is 7.92. The highest BCUT2D eigenvalue weighted by atomic mass is 16.2. The second kappa shape index (κ2) is 3.74. The first kappa shape index (κ1) is 9.30. The average Bonchev–Trinajstić information content (AvgIpc) is 2.49. The molecule has 0 N–H and O–H groups in total. The second-order valence-corrected chi connectivity index (χ2v) is 3.63. The predicted octanol–water partition coefficient (Wildman–Crippen LogP) is 1.82. The van der Waals surface area contributed by atoms with Crippen molar-refractivity contribution in [3.8, 4) is 0 Å². The molecule has 0 spiro atoms. The van der Waals surface area contributed by atoms with Gasteiger partial charge < -0.3 is 4.90 Å². The minimum atomic E-state index is 0.116. The molecule has 1 aliphatic rings. The molecule has 0 aromatic rings. The second-order valence-electron chi connectivity index (χ2n) is 3.63. The fourth-order valence-electron chi connectivity index (χ4n) is 1.64. The minimum Gasteiger partial charge on any atom is -0.336 e. The standard InChI is InChI=1S/C10H17NO/c1-4-9-6-5-7-11(9)10(12)8(2)3/h4,8-9H,1,5-7H2,2-3H3. The number of carbonyl (C=O) groups is 1. The molecular weight excluding hydrogens is 150 g/mol. The molecule has 0 bridgehead atoms. The van der Waals surface area contributed by atoms with Gasteiger partial charge in [-0.05, 0) is 12.8 Å². The highest BCUT2D eigenvalue weighted by molar-refractivity contribution is 5.78. The van der Waals surface area contributed by atoms with Gasteiger partial charge in [-0.3, -0.25) is 4.79 Å². The lowest BCUT2D eigenvalue weighted by Gasteiger charge is -2.23. The van der Waals surface area contributed by atoms with Crippen molar-refractivity contribution in [2.75, 3.05) is 6.54 Å². The Morgan fingerprint density at radius 1 is 1.67 bits per heavy atom. The fourth-order valence-corrected chi connectivity index (χ4v) is 1.64. The molecule has 1 rings (SSSR count). The minimum absolute atomic E-state index is 0.116. The van der Waals surface area contributed by atoms with Crippen molar-refractivity contribution in [1.82, 2.24) is 4.90 Å². The number of hydrogen-bond acceptors (Lipinski definition) is 1. The summed E-state index contributed by atoms with van der Waals surface area (Å²) in [5, 5.41) is 0. The number of carbonyl (C=O) groups excluding carboxylic acids is 1. The molecule has 2 nitrogen and oxygen atoms in total. The quantitative estimate of drug-likeness (QED) is 0.574. The topological polar surface area (TPSA) is 20.3 Å². The molecule has 1 aliphatic heterocycles. The van der Waals surface area contributed by atoms with Gasteiger partial charge in [0.2, 0.25) is 5.91 Å². The highest BCUT2D eigenvalue weighted by Gasteiger charge is 2.27. The van der Waals surface area contributed by atoms with Crippen molar-refractivity contribution in [3.05, 3.63) is 12.7 Å². The molecular formula is C10H17NO. The molecule has 2 heteroatoms. The Morgan fingerprint density at radius 3 is 2.83 bits per heavy atom. The van der Waals surface area contributed by atoms with Crippen molar-refractivity contribution in [3.63, 3.8) is 0 Å². The predicted molar refractivity (Wildman–Crippen MR) is 49.8 cm³/mol. The molecule has 0 saturated carbocycles. The van der Waals surface area contributed by atoms with Crippen LogP contribution in [0.15, 0.2) is 12.7 Å². The normalized spacial score (nSPS) is 23.2. The van der Waals surface area contributed by atoms with E-state index in [1.807, 2.05) is 24.8 Å². The lowest BCUT2D eigenvalue weighted by molar-refractivity contribution is -0.134. The van der Waals surface area contributed by atoms with Gasteiger partial charge in [-0.15, -0.1) is 6.58 Å². The van der Waals surface area contributed by atoms with Gasteiger partial charge in [0.1, 0.15) is 0 Å². The molecule has 1 heterocycles. The summed E-state index contributed by atoms with van der Waals surface area (Å²) in [6.45, 7) is 8.54. The van der Waals surface area contributed by atoms with E-state index in [2.05, 4.69) is 6.58 Å². The molecule has 1 saturated heterocycles. The van der Waals surface area contributed by atoms with Gasteiger partial charge in [0.25, 0.3) is 0 Å². The third-order valence-electron chi connectivity index (χ3n) is 2.35. The van der Waals surface area contributed by atoms with E-state index >= 15 is 0 Å². The Balaban J connectivity index is 2.61. The van der Waals surface area contributed by atoms with Gasteiger partial charge in [-0.25, -0.2) is 0 Å². The largest absolute Gasteiger partial charge is 0.336 e. The SMILES string of the molecule is C=CC1CCCN1C(=O)C(C)C. The first-order chi connectivity index (χ1) is 5.66. The van der Waals surface area contributed by atoms with Gasteiger partial charge in [0.15, 0.2) is 0 Å². The van der Waals surface area contributed by atoms with Gasteiger partial charge in [0.05, 0.1) is 0 Å². The van der Waals surface area contributed by atoms with Gasteiger partial charge in [0, 0.05) is 18.5 Å². The molecule has 68 valence electrons. The summed E-state index contributed by atoms with van der Waals surface area (Å²) in [4.78, 5) is 13.5. The summed E-state index contributed by atoms with van der Waals surface area (Å²) in [6.07, 6.45) is 4.09. The van der Waals surface area contributed by atoms with E-state index in [-0.39, 0.29) is 11.8 Å². The highest BCUT2D eigenvalue weighted by Crippen LogP contribution is 2.19. The van der Waals surface area contributed by atoms with Crippen molar-refractivity contribution < 1.29 is 4.79 Å². The molecule has 1 unspecified atom stereocenters. The van der Waals surface area contributed by atoms with Crippen LogP contribution in [0.2, 0.25) is 0 Å². The van der Waals surface area contributed by atoms with Crippen molar-refractivity contribution >= 4 is 5.91 Å². The lowest BCUT2D eigenvalue weighted by atomic mass is 10.1. The van der Waals surface area contributed by atoms with E-state index in [0.29, 0.717) is 6.04 Å². The molecule has 1 amide bonds. The smallest absolute Gasteiger partial charge is 0.225 e. The Morgan fingerprint density at radius 2 is 2.33 bits per heavy atom. The fraction of sp³-hybridized carbons (Fsp3) is 0.700. The Bertz CT molecular complexity index is 186. The van der Waals surface area contributed by atoms with E-state index in [1.165, 1.54) is 0 Å². The van der Waals surface area contributed by atoms with Crippen LogP contribution in [-0.4, -0.2) is 23.4 Å². The first-order valence-corrected chi connectivity index (χ1v) is 4.60. The summed E-state index contributed by atoms with van der Waals surface area (Å²) in [7, 11) is 0. The number of amides is 1. The molecule has 1 fully saturated rings. The molecule has 1 atom stereocenters. The molecule has 12 heavy (non-hydrogen) atoms. The maximum absolute atomic E-state index is 11.6. The Labute approximate surface area is 74.2 Å². The summed E-state index contributed by atoms with van der Waals surface area (Å²) in [6, 6.07) is 0.292. The monoisotopic (exact) mass is 167 g/mol. The molecule has 0 aliphatic carbocycles. The van der Waals surface area contributed by atoms with Crippen LogP contribution in [0.3, 0.4) is 0 Å². The zero-order chi connectivity index (χ0) is 9.14. The summed E-state index contributed by atoms with van der Waals surface area (Å²) >= 11 is 0. The van der Waals surface area contributed by atoms with Crippen LogP contribution >= 0.6 is 0 Å². The van der Waals surface area contributed by atoms with E-state index in [1.54, 1.807) is 0 Å². The average molecular weight is 167 g/mol. The molecule has 0 radical (unpaired) electrons. The van der Waals surface area contributed by atoms with Gasteiger partial charge in [-0.1, -0.05) is 19.9 Å². The summed E-state index contributed by atoms with van der Waals surface area (Å²) in [5.74, 6) is 0.378. The zero-order valence-corrected chi connectivity index (χ0v) is 7.92. The number of hydrogen-bond donors (Lipinski definition) is 0.